The molecule has 0 spiro atoms. The molecule has 2 rings (SSSR count). The van der Waals surface area contributed by atoms with Crippen molar-refractivity contribution in [1.82, 2.24) is 5.06 Å². The SMILES string of the molecule is CC(C)(C)C(=O)ON1CCCCC1c1ccc(CS(=O)O)cc1. The zero-order valence-corrected chi connectivity index (χ0v) is 14.8. The van der Waals surface area contributed by atoms with Crippen LogP contribution in [0, 0.1) is 5.41 Å². The van der Waals surface area contributed by atoms with Crippen LogP contribution in [0.5, 0.6) is 0 Å². The van der Waals surface area contributed by atoms with Crippen LogP contribution in [0.15, 0.2) is 24.3 Å². The largest absolute Gasteiger partial charge is 0.367 e. The molecule has 0 aromatic heterocycles. The zero-order valence-electron chi connectivity index (χ0n) is 13.9. The summed E-state index contributed by atoms with van der Waals surface area (Å²) in [5, 5.41) is 1.79. The van der Waals surface area contributed by atoms with Gasteiger partial charge in [-0.25, -0.2) is 9.00 Å². The first kappa shape index (κ1) is 18.1. The van der Waals surface area contributed by atoms with Crippen molar-refractivity contribution >= 4 is 17.0 Å². The summed E-state index contributed by atoms with van der Waals surface area (Å²) in [6.07, 6.45) is 3.04. The number of carbonyl (C=O) groups excluding carboxylic acids is 1. The van der Waals surface area contributed by atoms with Crippen molar-refractivity contribution in [2.45, 2.75) is 51.8 Å². The predicted molar refractivity (Wildman–Crippen MR) is 89.8 cm³/mol. The van der Waals surface area contributed by atoms with E-state index in [1.165, 1.54) is 0 Å². The Hall–Kier alpha value is -1.24. The molecule has 1 N–H and O–H groups in total. The van der Waals surface area contributed by atoms with Crippen molar-refractivity contribution < 1.29 is 18.4 Å². The number of piperidine rings is 1. The highest BCUT2D eigenvalue weighted by Crippen LogP contribution is 2.32. The number of rotatable bonds is 4. The van der Waals surface area contributed by atoms with Gasteiger partial charge in [0.1, 0.15) is 0 Å². The minimum atomic E-state index is -1.83. The van der Waals surface area contributed by atoms with Gasteiger partial charge in [-0.15, -0.1) is 5.06 Å². The van der Waals surface area contributed by atoms with Crippen molar-refractivity contribution in [3.63, 3.8) is 0 Å². The van der Waals surface area contributed by atoms with Gasteiger partial charge in [-0.2, -0.15) is 0 Å². The Morgan fingerprint density at radius 2 is 1.96 bits per heavy atom. The average Bonchev–Trinajstić information content (AvgIpc) is 2.47. The van der Waals surface area contributed by atoms with E-state index in [2.05, 4.69) is 0 Å². The van der Waals surface area contributed by atoms with Crippen LogP contribution in [-0.2, 0) is 26.5 Å². The van der Waals surface area contributed by atoms with E-state index < -0.39 is 16.5 Å². The molecule has 128 valence electrons. The maximum absolute atomic E-state index is 12.2. The van der Waals surface area contributed by atoms with Crippen LogP contribution in [-0.4, -0.2) is 26.3 Å². The second-order valence-electron chi connectivity index (χ2n) is 6.99. The Labute approximate surface area is 140 Å². The fraction of sp³-hybridized carbons (Fsp3) is 0.588. The first-order chi connectivity index (χ1) is 10.8. The predicted octanol–water partition coefficient (Wildman–Crippen LogP) is 3.44. The van der Waals surface area contributed by atoms with Crippen LogP contribution in [0.25, 0.3) is 0 Å². The standard InChI is InChI=1S/C17H25NO4S/c1-17(2,3)16(19)22-18-11-5-4-6-15(18)14-9-7-13(8-10-14)12-23(20)21/h7-10,15H,4-6,11-12H2,1-3H3,(H,20,21). The van der Waals surface area contributed by atoms with E-state index in [9.17, 15) is 9.00 Å². The van der Waals surface area contributed by atoms with Gasteiger partial charge in [0.25, 0.3) is 0 Å². The van der Waals surface area contributed by atoms with Gasteiger partial charge in [0, 0.05) is 6.54 Å². The minimum Gasteiger partial charge on any atom is -0.367 e. The Morgan fingerprint density at radius 1 is 1.30 bits per heavy atom. The molecule has 1 aromatic carbocycles. The Morgan fingerprint density at radius 3 is 2.52 bits per heavy atom. The molecule has 2 atom stereocenters. The van der Waals surface area contributed by atoms with Gasteiger partial charge >= 0.3 is 5.97 Å². The van der Waals surface area contributed by atoms with Gasteiger partial charge in [0.2, 0.25) is 0 Å². The first-order valence-electron chi connectivity index (χ1n) is 7.93. The van der Waals surface area contributed by atoms with Crippen molar-refractivity contribution in [2.75, 3.05) is 6.54 Å². The molecule has 0 aliphatic carbocycles. The van der Waals surface area contributed by atoms with E-state index in [1.54, 1.807) is 5.06 Å². The van der Waals surface area contributed by atoms with Crippen molar-refractivity contribution in [3.05, 3.63) is 35.4 Å². The lowest BCUT2D eigenvalue weighted by molar-refractivity contribution is -0.218. The number of benzene rings is 1. The quantitative estimate of drug-likeness (QED) is 0.851. The maximum Gasteiger partial charge on any atom is 0.330 e. The van der Waals surface area contributed by atoms with Gasteiger partial charge < -0.3 is 9.39 Å². The van der Waals surface area contributed by atoms with Crippen molar-refractivity contribution in [1.29, 1.82) is 0 Å². The van der Waals surface area contributed by atoms with Crippen molar-refractivity contribution in [2.24, 2.45) is 5.41 Å². The van der Waals surface area contributed by atoms with E-state index in [0.29, 0.717) is 0 Å². The molecule has 1 heterocycles. The molecule has 1 aromatic rings. The maximum atomic E-state index is 12.2. The topological polar surface area (TPSA) is 66.8 Å². The van der Waals surface area contributed by atoms with Crippen LogP contribution >= 0.6 is 0 Å². The average molecular weight is 339 g/mol. The molecule has 0 bridgehead atoms. The molecule has 1 fully saturated rings. The second-order valence-corrected chi connectivity index (χ2v) is 7.92. The highest BCUT2D eigenvalue weighted by Gasteiger charge is 2.31. The van der Waals surface area contributed by atoms with E-state index in [1.807, 2.05) is 45.0 Å². The van der Waals surface area contributed by atoms with Gasteiger partial charge in [-0.3, -0.25) is 0 Å². The zero-order chi connectivity index (χ0) is 17.0. The summed E-state index contributed by atoms with van der Waals surface area (Å²) < 4.78 is 19.8. The fourth-order valence-electron chi connectivity index (χ4n) is 2.57. The molecule has 23 heavy (non-hydrogen) atoms. The summed E-state index contributed by atoms with van der Waals surface area (Å²) in [6, 6.07) is 7.68. The third kappa shape index (κ3) is 5.12. The van der Waals surface area contributed by atoms with Gasteiger partial charge in [-0.05, 0) is 44.7 Å². The minimum absolute atomic E-state index is 0.0451. The van der Waals surface area contributed by atoms with Gasteiger partial charge in [0.15, 0.2) is 11.1 Å². The Kier molecular flexibility index (Phi) is 5.95. The number of hydrogen-bond acceptors (Lipinski definition) is 4. The number of hydrogen-bond donors (Lipinski definition) is 1. The molecule has 6 heteroatoms. The lowest BCUT2D eigenvalue weighted by Gasteiger charge is -2.35. The third-order valence-corrected chi connectivity index (χ3v) is 4.50. The smallest absolute Gasteiger partial charge is 0.330 e. The normalized spacial score (nSPS) is 21.0. The third-order valence-electron chi connectivity index (χ3n) is 3.92. The van der Waals surface area contributed by atoms with E-state index in [-0.39, 0.29) is 17.8 Å². The van der Waals surface area contributed by atoms with Crippen LogP contribution in [0.4, 0.5) is 0 Å². The molecule has 5 nitrogen and oxygen atoms in total. The molecule has 0 amide bonds. The summed E-state index contributed by atoms with van der Waals surface area (Å²) in [6.45, 7) is 6.27. The summed E-state index contributed by atoms with van der Waals surface area (Å²) >= 11 is -1.83. The summed E-state index contributed by atoms with van der Waals surface area (Å²) in [5.41, 5.74) is 1.36. The summed E-state index contributed by atoms with van der Waals surface area (Å²) in [7, 11) is 0. The molecule has 0 saturated carbocycles. The molecule has 1 aliphatic rings. The number of hydroxylamine groups is 2. The van der Waals surface area contributed by atoms with E-state index >= 15 is 0 Å². The summed E-state index contributed by atoms with van der Waals surface area (Å²) in [5.74, 6) is -0.0927. The van der Waals surface area contributed by atoms with Crippen LogP contribution in [0.2, 0.25) is 0 Å². The lowest BCUT2D eigenvalue weighted by atomic mass is 9.96. The van der Waals surface area contributed by atoms with E-state index in [4.69, 9.17) is 9.39 Å². The molecular weight excluding hydrogens is 314 g/mol. The monoisotopic (exact) mass is 339 g/mol. The molecule has 1 saturated heterocycles. The number of nitrogens with zero attached hydrogens (tertiary/aromatic N) is 1. The second kappa shape index (κ2) is 7.55. The first-order valence-corrected chi connectivity index (χ1v) is 9.20. The van der Waals surface area contributed by atoms with Gasteiger partial charge in [0.05, 0.1) is 17.2 Å². The molecule has 0 radical (unpaired) electrons. The summed E-state index contributed by atoms with van der Waals surface area (Å²) in [4.78, 5) is 17.8. The van der Waals surface area contributed by atoms with E-state index in [0.717, 1.165) is 36.9 Å². The van der Waals surface area contributed by atoms with Crippen LogP contribution in [0.1, 0.15) is 57.2 Å². The molecule has 1 aliphatic heterocycles. The van der Waals surface area contributed by atoms with Crippen LogP contribution in [0.3, 0.4) is 0 Å². The Balaban J connectivity index is 2.11. The number of carbonyl (C=O) groups is 1. The Bertz CT molecular complexity index is 565. The van der Waals surface area contributed by atoms with Crippen molar-refractivity contribution in [3.8, 4) is 0 Å². The lowest BCUT2D eigenvalue weighted by Crippen LogP contribution is -2.38. The molecular formula is C17H25NO4S. The van der Waals surface area contributed by atoms with Crippen LogP contribution < -0.4 is 0 Å². The van der Waals surface area contributed by atoms with Gasteiger partial charge in [-0.1, -0.05) is 30.7 Å². The fourth-order valence-corrected chi connectivity index (χ4v) is 3.05. The molecule has 2 unspecified atom stereocenters. The highest BCUT2D eigenvalue weighted by atomic mass is 32.2. The highest BCUT2D eigenvalue weighted by molar-refractivity contribution is 7.78.